The number of aliphatic hydroxyl groups excluding tert-OH is 1. The Bertz CT molecular complexity index is 899. The molecule has 3 N–H and O–H groups in total. The largest absolute Gasteiger partial charge is 0.491 e. The summed E-state index contributed by atoms with van der Waals surface area (Å²) in [7, 11) is -3.86. The minimum absolute atomic E-state index is 0.0115. The van der Waals surface area contributed by atoms with Crippen molar-refractivity contribution in [1.29, 1.82) is 0 Å². The number of halogens is 3. The van der Waals surface area contributed by atoms with Crippen LogP contribution >= 0.6 is 34.8 Å². The molecule has 0 spiro atoms. The highest BCUT2D eigenvalue weighted by Gasteiger charge is 2.22. The Morgan fingerprint density at radius 3 is 2.14 bits per heavy atom. The molecule has 0 aliphatic heterocycles. The number of hydrogen-bond acceptors (Lipinski definition) is 6. The van der Waals surface area contributed by atoms with E-state index in [1.165, 1.54) is 36.4 Å². The lowest BCUT2D eigenvalue weighted by Gasteiger charge is -2.15. The third-order valence-corrected chi connectivity index (χ3v) is 6.74. The highest BCUT2D eigenvalue weighted by atomic mass is 35.5. The average molecular weight is 483 g/mol. The summed E-state index contributed by atoms with van der Waals surface area (Å²) < 4.78 is 36.7. The van der Waals surface area contributed by atoms with Gasteiger partial charge in [0.1, 0.15) is 18.5 Å². The molecular formula is C19H22Cl3NO5S. The smallest absolute Gasteiger partial charge is 0.206 e. The maximum absolute atomic E-state index is 12.9. The fraction of sp³-hybridized carbons (Fsp3) is 0.368. The van der Waals surface area contributed by atoms with Gasteiger partial charge in [-0.2, -0.15) is 0 Å². The van der Waals surface area contributed by atoms with Crippen molar-refractivity contribution < 1.29 is 23.0 Å². The standard InChI is InChI=1S/C19H22Cl3NO5S/c1-12(8-20)10-28-19-17(21)6-16(7-18(19)22)29(25,26)15-4-2-14(3-5-15)27-11-13(24)9-23/h2-7,12-13,24H,8-11,23H2,1H3/t12-,13+/m1/s1. The zero-order valence-corrected chi connectivity index (χ0v) is 18.7. The molecule has 0 heterocycles. The Morgan fingerprint density at radius 1 is 1.03 bits per heavy atom. The molecule has 0 radical (unpaired) electrons. The Kier molecular flexibility index (Phi) is 8.88. The van der Waals surface area contributed by atoms with E-state index < -0.39 is 15.9 Å². The molecular weight excluding hydrogens is 461 g/mol. The minimum Gasteiger partial charge on any atom is -0.491 e. The van der Waals surface area contributed by atoms with Crippen LogP contribution in [0.15, 0.2) is 46.2 Å². The molecule has 160 valence electrons. The van der Waals surface area contributed by atoms with Gasteiger partial charge in [0.2, 0.25) is 9.84 Å². The Morgan fingerprint density at radius 2 is 1.62 bits per heavy atom. The topological polar surface area (TPSA) is 98.9 Å². The van der Waals surface area contributed by atoms with Crippen molar-refractivity contribution in [2.45, 2.75) is 22.8 Å². The fourth-order valence-electron chi connectivity index (χ4n) is 2.21. The summed E-state index contributed by atoms with van der Waals surface area (Å²) in [6, 6.07) is 8.37. The van der Waals surface area contributed by atoms with Crippen LogP contribution in [0, 0.1) is 5.92 Å². The van der Waals surface area contributed by atoms with Gasteiger partial charge in [0.05, 0.1) is 26.4 Å². The zero-order chi connectivity index (χ0) is 21.6. The van der Waals surface area contributed by atoms with E-state index >= 15 is 0 Å². The molecule has 0 aliphatic carbocycles. The van der Waals surface area contributed by atoms with Gasteiger partial charge in [-0.15, -0.1) is 11.6 Å². The molecule has 0 saturated heterocycles. The van der Waals surface area contributed by atoms with Crippen molar-refractivity contribution in [2.75, 3.05) is 25.6 Å². The lowest BCUT2D eigenvalue weighted by Crippen LogP contribution is -2.26. The summed E-state index contributed by atoms with van der Waals surface area (Å²) in [6.45, 7) is 2.28. The molecule has 0 aromatic heterocycles. The molecule has 2 aromatic carbocycles. The second-order valence-electron chi connectivity index (χ2n) is 6.46. The first-order valence-electron chi connectivity index (χ1n) is 8.73. The van der Waals surface area contributed by atoms with Crippen molar-refractivity contribution >= 4 is 44.6 Å². The third kappa shape index (κ3) is 6.38. The van der Waals surface area contributed by atoms with E-state index in [4.69, 9.17) is 50.0 Å². The summed E-state index contributed by atoms with van der Waals surface area (Å²) in [6.07, 6.45) is -0.796. The quantitative estimate of drug-likeness (QED) is 0.500. The maximum Gasteiger partial charge on any atom is 0.206 e. The van der Waals surface area contributed by atoms with E-state index in [2.05, 4.69) is 0 Å². The molecule has 0 bridgehead atoms. The van der Waals surface area contributed by atoms with Crippen LogP contribution in [0.4, 0.5) is 0 Å². The number of sulfone groups is 1. The van der Waals surface area contributed by atoms with Gasteiger partial charge in [0, 0.05) is 18.3 Å². The van der Waals surface area contributed by atoms with Crippen LogP contribution in [0.1, 0.15) is 6.92 Å². The highest BCUT2D eigenvalue weighted by molar-refractivity contribution is 7.91. The summed E-state index contributed by atoms with van der Waals surface area (Å²) >= 11 is 18.2. The second-order valence-corrected chi connectivity index (χ2v) is 9.53. The van der Waals surface area contributed by atoms with Gasteiger partial charge >= 0.3 is 0 Å². The molecule has 0 saturated carbocycles. The summed E-state index contributed by atoms with van der Waals surface area (Å²) in [5, 5.41) is 9.60. The Hall–Kier alpha value is -1.22. The lowest BCUT2D eigenvalue weighted by molar-refractivity contribution is 0.114. The number of hydrogen-bond donors (Lipinski definition) is 2. The second kappa shape index (κ2) is 10.7. The van der Waals surface area contributed by atoms with E-state index in [0.29, 0.717) is 18.2 Å². The monoisotopic (exact) mass is 481 g/mol. The normalized spacial score (nSPS) is 13.7. The van der Waals surface area contributed by atoms with Crippen LogP contribution < -0.4 is 15.2 Å². The number of alkyl halides is 1. The first kappa shape index (κ1) is 24.1. The fourth-order valence-corrected chi connectivity index (χ4v) is 4.34. The summed E-state index contributed by atoms with van der Waals surface area (Å²) in [5.41, 5.74) is 5.31. The van der Waals surface area contributed by atoms with E-state index in [0.717, 1.165) is 0 Å². The Balaban J connectivity index is 2.22. The van der Waals surface area contributed by atoms with Crippen LogP contribution in [-0.4, -0.2) is 45.3 Å². The zero-order valence-electron chi connectivity index (χ0n) is 15.6. The average Bonchev–Trinajstić information content (AvgIpc) is 2.71. The third-order valence-electron chi connectivity index (χ3n) is 3.91. The van der Waals surface area contributed by atoms with Gasteiger partial charge in [-0.05, 0) is 36.4 Å². The highest BCUT2D eigenvalue weighted by Crippen LogP contribution is 2.37. The van der Waals surface area contributed by atoms with E-state index in [-0.39, 0.29) is 44.7 Å². The maximum atomic E-state index is 12.9. The van der Waals surface area contributed by atoms with Crippen molar-refractivity contribution in [3.05, 3.63) is 46.4 Å². The molecule has 2 atom stereocenters. The summed E-state index contributed by atoms with van der Waals surface area (Å²) in [5.74, 6) is 1.11. The van der Waals surface area contributed by atoms with Crippen molar-refractivity contribution in [3.8, 4) is 11.5 Å². The number of ether oxygens (including phenoxy) is 2. The van der Waals surface area contributed by atoms with Gasteiger partial charge in [-0.1, -0.05) is 30.1 Å². The van der Waals surface area contributed by atoms with Crippen LogP contribution in [0.5, 0.6) is 11.5 Å². The molecule has 29 heavy (non-hydrogen) atoms. The SMILES string of the molecule is C[C@H](CCl)COc1c(Cl)cc(S(=O)(=O)c2ccc(OC[C@@H](O)CN)cc2)cc1Cl. The van der Waals surface area contributed by atoms with Crippen molar-refractivity contribution in [1.82, 2.24) is 0 Å². The van der Waals surface area contributed by atoms with E-state index in [1.54, 1.807) is 0 Å². The van der Waals surface area contributed by atoms with Crippen LogP contribution in [0.25, 0.3) is 0 Å². The first-order valence-corrected chi connectivity index (χ1v) is 11.5. The first-order chi connectivity index (χ1) is 13.7. The molecule has 0 unspecified atom stereocenters. The lowest BCUT2D eigenvalue weighted by atomic mass is 10.2. The number of aliphatic hydroxyl groups is 1. The predicted molar refractivity (Wildman–Crippen MR) is 114 cm³/mol. The molecule has 2 aromatic rings. The van der Waals surface area contributed by atoms with Crippen LogP contribution in [0.3, 0.4) is 0 Å². The van der Waals surface area contributed by atoms with Gasteiger partial charge in [0.25, 0.3) is 0 Å². The number of rotatable bonds is 10. The molecule has 0 amide bonds. The van der Waals surface area contributed by atoms with E-state index in [9.17, 15) is 13.5 Å². The number of nitrogens with two attached hydrogens (primary N) is 1. The minimum atomic E-state index is -3.86. The predicted octanol–water partition coefficient (Wildman–Crippen LogP) is 3.78. The Labute approximate surface area is 185 Å². The molecule has 0 fully saturated rings. The molecule has 10 heteroatoms. The molecule has 0 aliphatic rings. The van der Waals surface area contributed by atoms with Gasteiger partial charge in [-0.25, -0.2) is 8.42 Å². The van der Waals surface area contributed by atoms with Crippen LogP contribution in [-0.2, 0) is 9.84 Å². The van der Waals surface area contributed by atoms with Crippen molar-refractivity contribution in [2.24, 2.45) is 11.7 Å². The number of benzene rings is 2. The van der Waals surface area contributed by atoms with E-state index in [1.807, 2.05) is 6.92 Å². The molecule has 2 rings (SSSR count). The van der Waals surface area contributed by atoms with Gasteiger partial charge in [-0.3, -0.25) is 0 Å². The van der Waals surface area contributed by atoms with Crippen LogP contribution in [0.2, 0.25) is 10.0 Å². The summed E-state index contributed by atoms with van der Waals surface area (Å²) in [4.78, 5) is -0.0155. The van der Waals surface area contributed by atoms with Gasteiger partial charge < -0.3 is 20.3 Å². The van der Waals surface area contributed by atoms with Crippen molar-refractivity contribution in [3.63, 3.8) is 0 Å². The molecule has 6 nitrogen and oxygen atoms in total. The van der Waals surface area contributed by atoms with Gasteiger partial charge in [0.15, 0.2) is 5.75 Å².